The molecule has 1 aromatic rings. The van der Waals surface area contributed by atoms with E-state index in [1.165, 1.54) is 7.11 Å². The maximum absolute atomic E-state index is 12.8. The Balaban J connectivity index is 2.07. The Hall–Kier alpha value is -1.49. The molecule has 1 fully saturated rings. The number of hydrogen-bond acceptors (Lipinski definition) is 3. The summed E-state index contributed by atoms with van der Waals surface area (Å²) in [6.45, 7) is 0. The SMILES string of the molecule is COC1C(=O)CC1Oc1cc(F)cc(F)c1. The van der Waals surface area contributed by atoms with Crippen molar-refractivity contribution in [2.75, 3.05) is 7.11 Å². The fourth-order valence-electron chi connectivity index (χ4n) is 1.63. The van der Waals surface area contributed by atoms with Gasteiger partial charge in [0.25, 0.3) is 0 Å². The van der Waals surface area contributed by atoms with Crippen molar-refractivity contribution in [3.05, 3.63) is 29.8 Å². The van der Waals surface area contributed by atoms with E-state index in [1.54, 1.807) is 0 Å². The number of carbonyl (C=O) groups is 1. The first-order valence-corrected chi connectivity index (χ1v) is 4.78. The Morgan fingerprint density at radius 2 is 1.88 bits per heavy atom. The summed E-state index contributed by atoms with van der Waals surface area (Å²) < 4.78 is 35.8. The molecule has 3 nitrogen and oxygen atoms in total. The number of ether oxygens (including phenoxy) is 2. The molecule has 0 aromatic heterocycles. The molecule has 2 unspecified atom stereocenters. The molecule has 86 valence electrons. The maximum Gasteiger partial charge on any atom is 0.169 e. The van der Waals surface area contributed by atoms with Gasteiger partial charge in [-0.15, -0.1) is 0 Å². The minimum absolute atomic E-state index is 0.0654. The smallest absolute Gasteiger partial charge is 0.169 e. The first-order chi connectivity index (χ1) is 7.60. The molecule has 1 aromatic carbocycles. The molecule has 0 N–H and O–H groups in total. The highest BCUT2D eigenvalue weighted by molar-refractivity contribution is 5.90. The first-order valence-electron chi connectivity index (χ1n) is 4.78. The Morgan fingerprint density at radius 3 is 2.38 bits per heavy atom. The predicted molar refractivity (Wildman–Crippen MR) is 51.2 cm³/mol. The lowest BCUT2D eigenvalue weighted by Crippen LogP contribution is -2.51. The van der Waals surface area contributed by atoms with E-state index in [4.69, 9.17) is 9.47 Å². The molecular weight excluding hydrogens is 218 g/mol. The van der Waals surface area contributed by atoms with E-state index in [-0.39, 0.29) is 18.0 Å². The summed E-state index contributed by atoms with van der Waals surface area (Å²) in [6, 6.07) is 2.89. The lowest BCUT2D eigenvalue weighted by molar-refractivity contribution is -0.151. The number of benzene rings is 1. The van der Waals surface area contributed by atoms with E-state index in [9.17, 15) is 13.6 Å². The topological polar surface area (TPSA) is 35.5 Å². The van der Waals surface area contributed by atoms with Crippen LogP contribution in [0.25, 0.3) is 0 Å². The van der Waals surface area contributed by atoms with Crippen molar-refractivity contribution in [2.45, 2.75) is 18.6 Å². The maximum atomic E-state index is 12.8. The van der Waals surface area contributed by atoms with Gasteiger partial charge in [-0.25, -0.2) is 8.78 Å². The van der Waals surface area contributed by atoms with Gasteiger partial charge in [0, 0.05) is 31.7 Å². The second-order valence-electron chi connectivity index (χ2n) is 3.59. The summed E-state index contributed by atoms with van der Waals surface area (Å²) >= 11 is 0. The van der Waals surface area contributed by atoms with Crippen LogP contribution in [0.5, 0.6) is 5.75 Å². The highest BCUT2D eigenvalue weighted by Gasteiger charge is 2.42. The van der Waals surface area contributed by atoms with Gasteiger partial charge in [-0.05, 0) is 0 Å². The molecule has 1 saturated carbocycles. The van der Waals surface area contributed by atoms with Crippen LogP contribution in [0.3, 0.4) is 0 Å². The normalized spacial score (nSPS) is 24.1. The highest BCUT2D eigenvalue weighted by atomic mass is 19.1. The van der Waals surface area contributed by atoms with Gasteiger partial charge in [-0.2, -0.15) is 0 Å². The molecule has 0 saturated heterocycles. The minimum Gasteiger partial charge on any atom is -0.487 e. The largest absolute Gasteiger partial charge is 0.487 e. The third-order valence-electron chi connectivity index (χ3n) is 2.43. The van der Waals surface area contributed by atoms with E-state index in [0.29, 0.717) is 0 Å². The second-order valence-corrected chi connectivity index (χ2v) is 3.59. The van der Waals surface area contributed by atoms with Crippen LogP contribution in [0.2, 0.25) is 0 Å². The summed E-state index contributed by atoms with van der Waals surface area (Å²) in [5, 5.41) is 0. The average Bonchev–Trinajstić information content (AvgIpc) is 2.15. The van der Waals surface area contributed by atoms with Gasteiger partial charge in [0.15, 0.2) is 11.9 Å². The van der Waals surface area contributed by atoms with E-state index < -0.39 is 23.8 Å². The van der Waals surface area contributed by atoms with E-state index in [0.717, 1.165) is 18.2 Å². The van der Waals surface area contributed by atoms with E-state index in [2.05, 4.69) is 0 Å². The van der Waals surface area contributed by atoms with Crippen LogP contribution in [0.1, 0.15) is 6.42 Å². The Morgan fingerprint density at radius 1 is 1.25 bits per heavy atom. The van der Waals surface area contributed by atoms with E-state index >= 15 is 0 Å². The first kappa shape index (κ1) is 11.0. The quantitative estimate of drug-likeness (QED) is 0.789. The average molecular weight is 228 g/mol. The standard InChI is InChI=1S/C11H10F2O3/c1-15-11-9(14)5-10(11)16-8-3-6(12)2-7(13)4-8/h2-4,10-11H,5H2,1H3. The number of carbonyl (C=O) groups excluding carboxylic acids is 1. The number of methoxy groups -OCH3 is 1. The molecule has 0 spiro atoms. The molecule has 2 rings (SSSR count). The van der Waals surface area contributed by atoms with E-state index in [1.807, 2.05) is 0 Å². The van der Waals surface area contributed by atoms with Crippen molar-refractivity contribution >= 4 is 5.78 Å². The zero-order chi connectivity index (χ0) is 11.7. The van der Waals surface area contributed by atoms with Crippen LogP contribution >= 0.6 is 0 Å². The zero-order valence-electron chi connectivity index (χ0n) is 8.57. The summed E-state index contributed by atoms with van der Waals surface area (Å²) in [7, 11) is 1.39. The van der Waals surface area contributed by atoms with Gasteiger partial charge in [0.1, 0.15) is 23.5 Å². The van der Waals surface area contributed by atoms with Crippen LogP contribution < -0.4 is 4.74 Å². The van der Waals surface area contributed by atoms with Crippen LogP contribution in [0.4, 0.5) is 8.78 Å². The number of hydrogen-bond donors (Lipinski definition) is 0. The van der Waals surface area contributed by atoms with Crippen LogP contribution in [0, 0.1) is 11.6 Å². The fraction of sp³-hybridized carbons (Fsp3) is 0.364. The molecule has 1 aliphatic rings. The van der Waals surface area contributed by atoms with Gasteiger partial charge < -0.3 is 9.47 Å². The van der Waals surface area contributed by atoms with Gasteiger partial charge in [0.05, 0.1) is 0 Å². The summed E-state index contributed by atoms with van der Waals surface area (Å²) in [4.78, 5) is 11.0. The zero-order valence-corrected chi connectivity index (χ0v) is 8.57. The van der Waals surface area contributed by atoms with Crippen LogP contribution in [0.15, 0.2) is 18.2 Å². The molecule has 0 heterocycles. The molecule has 5 heteroatoms. The number of rotatable bonds is 3. The van der Waals surface area contributed by atoms with Gasteiger partial charge in [-0.1, -0.05) is 0 Å². The molecule has 16 heavy (non-hydrogen) atoms. The molecule has 0 radical (unpaired) electrons. The lowest BCUT2D eigenvalue weighted by Gasteiger charge is -2.33. The van der Waals surface area contributed by atoms with Gasteiger partial charge in [-0.3, -0.25) is 4.79 Å². The molecule has 0 aliphatic heterocycles. The molecule has 0 bridgehead atoms. The monoisotopic (exact) mass is 228 g/mol. The molecule has 0 amide bonds. The summed E-state index contributed by atoms with van der Waals surface area (Å²) in [6.07, 6.45) is -0.888. The van der Waals surface area contributed by atoms with Crippen LogP contribution in [-0.4, -0.2) is 25.1 Å². The number of ketones is 1. The van der Waals surface area contributed by atoms with Crippen LogP contribution in [-0.2, 0) is 9.53 Å². The summed E-state index contributed by atoms with van der Waals surface area (Å²) in [5.74, 6) is -1.43. The van der Waals surface area contributed by atoms with Crippen molar-refractivity contribution < 1.29 is 23.0 Å². The Labute approximate surface area is 91.0 Å². The second kappa shape index (κ2) is 4.17. The lowest BCUT2D eigenvalue weighted by atomic mass is 9.90. The highest BCUT2D eigenvalue weighted by Crippen LogP contribution is 2.26. The van der Waals surface area contributed by atoms with Crippen molar-refractivity contribution in [3.63, 3.8) is 0 Å². The fourth-order valence-corrected chi connectivity index (χ4v) is 1.63. The van der Waals surface area contributed by atoms with Crippen molar-refractivity contribution in [2.24, 2.45) is 0 Å². The Kier molecular flexibility index (Phi) is 2.87. The predicted octanol–water partition coefficient (Wildman–Crippen LogP) is 1.70. The third-order valence-corrected chi connectivity index (χ3v) is 2.43. The molecule has 2 atom stereocenters. The number of halogens is 2. The molecular formula is C11H10F2O3. The number of Topliss-reactive ketones (excluding diaryl/α,β-unsaturated/α-hetero) is 1. The Bertz CT molecular complexity index is 399. The van der Waals surface area contributed by atoms with Gasteiger partial charge >= 0.3 is 0 Å². The molecule has 1 aliphatic carbocycles. The summed E-state index contributed by atoms with van der Waals surface area (Å²) in [5.41, 5.74) is 0. The third kappa shape index (κ3) is 2.04. The van der Waals surface area contributed by atoms with Crippen molar-refractivity contribution in [3.8, 4) is 5.75 Å². The van der Waals surface area contributed by atoms with Gasteiger partial charge in [0.2, 0.25) is 0 Å². The van der Waals surface area contributed by atoms with Crippen molar-refractivity contribution in [1.29, 1.82) is 0 Å². The minimum atomic E-state index is -0.713. The van der Waals surface area contributed by atoms with Crippen molar-refractivity contribution in [1.82, 2.24) is 0 Å².